The van der Waals surface area contributed by atoms with Crippen LogP contribution in [0, 0.1) is 0 Å². The predicted octanol–water partition coefficient (Wildman–Crippen LogP) is 8.42. The molecule has 0 amide bonds. The van der Waals surface area contributed by atoms with E-state index in [1.54, 1.807) is 0 Å². The Bertz CT molecular complexity index is 402. The molecule has 0 unspecified atom stereocenters. The van der Waals surface area contributed by atoms with Gasteiger partial charge in [-0.1, -0.05) is 123 Å². The Morgan fingerprint density at radius 3 is 1.20 bits per heavy atom. The van der Waals surface area contributed by atoms with Crippen LogP contribution >= 0.6 is 0 Å². The van der Waals surface area contributed by atoms with Crippen LogP contribution in [-0.4, -0.2) is 52.2 Å². The third kappa shape index (κ3) is 31.3. The second-order valence-corrected chi connectivity index (χ2v) is 9.82. The maximum Gasteiger partial charge on any atom is 0.305 e. The normalized spacial score (nSPS) is 11.3. The van der Waals surface area contributed by atoms with Gasteiger partial charge in [0.2, 0.25) is 0 Å². The van der Waals surface area contributed by atoms with Gasteiger partial charge < -0.3 is 18.9 Å². The number of esters is 1. The first-order chi connectivity index (χ1) is 17.3. The molecule has 0 fully saturated rings. The van der Waals surface area contributed by atoms with Crippen LogP contribution in [0.25, 0.3) is 0 Å². The lowest BCUT2D eigenvalue weighted by atomic mass is 10.1. The lowest BCUT2D eigenvalue weighted by molar-refractivity contribution is -0.145. The molecule has 0 saturated heterocycles. The number of rotatable bonds is 30. The van der Waals surface area contributed by atoms with Crippen LogP contribution in [0.3, 0.4) is 0 Å². The fourth-order valence-corrected chi connectivity index (χ4v) is 4.10. The summed E-state index contributed by atoms with van der Waals surface area (Å²) in [5, 5.41) is 0. The maximum atomic E-state index is 11.7. The first-order valence-corrected chi connectivity index (χ1v) is 15.2. The lowest BCUT2D eigenvalue weighted by Crippen LogP contribution is -2.14. The van der Waals surface area contributed by atoms with Crippen molar-refractivity contribution in [2.45, 2.75) is 142 Å². The molecule has 0 atom stereocenters. The van der Waals surface area contributed by atoms with Crippen molar-refractivity contribution in [3.63, 3.8) is 0 Å². The third-order valence-electron chi connectivity index (χ3n) is 6.36. The lowest BCUT2D eigenvalue weighted by Gasteiger charge is -2.08. The summed E-state index contributed by atoms with van der Waals surface area (Å²) in [5.41, 5.74) is 0. The van der Waals surface area contributed by atoms with Gasteiger partial charge in [0.05, 0.1) is 33.0 Å². The van der Waals surface area contributed by atoms with E-state index in [1.165, 1.54) is 103 Å². The topological polar surface area (TPSA) is 54.0 Å². The zero-order valence-electron chi connectivity index (χ0n) is 23.6. The third-order valence-corrected chi connectivity index (χ3v) is 6.36. The van der Waals surface area contributed by atoms with Crippen molar-refractivity contribution in [2.24, 2.45) is 0 Å². The highest BCUT2D eigenvalue weighted by Gasteiger charge is 2.02. The molecule has 0 aliphatic carbocycles. The van der Waals surface area contributed by atoms with Gasteiger partial charge in [-0.3, -0.25) is 4.79 Å². The Morgan fingerprint density at radius 1 is 0.400 bits per heavy atom. The molecule has 0 aromatic rings. The molecule has 5 nitrogen and oxygen atoms in total. The number of carbonyl (C=O) groups excluding carboxylic acids is 1. The van der Waals surface area contributed by atoms with Gasteiger partial charge in [0.15, 0.2) is 0 Å². The van der Waals surface area contributed by atoms with Crippen LogP contribution in [0.1, 0.15) is 142 Å². The van der Waals surface area contributed by atoms with E-state index in [9.17, 15) is 4.79 Å². The number of ether oxygens (including phenoxy) is 4. The quantitative estimate of drug-likeness (QED) is 0.0731. The van der Waals surface area contributed by atoms with E-state index in [0.717, 1.165) is 25.9 Å². The zero-order valence-corrected chi connectivity index (χ0v) is 23.6. The van der Waals surface area contributed by atoms with Crippen LogP contribution in [0.5, 0.6) is 0 Å². The summed E-state index contributed by atoms with van der Waals surface area (Å²) in [4.78, 5) is 11.7. The molecule has 0 aliphatic rings. The summed E-state index contributed by atoms with van der Waals surface area (Å²) in [6, 6.07) is 0. The molecular weight excluding hydrogens is 440 g/mol. The highest BCUT2D eigenvalue weighted by Crippen LogP contribution is 2.11. The molecular formula is C30H60O5. The number of unbranched alkanes of at least 4 members (excludes halogenated alkanes) is 17. The minimum absolute atomic E-state index is 0.104. The van der Waals surface area contributed by atoms with E-state index < -0.39 is 0 Å². The second kappa shape index (κ2) is 31.4. The Morgan fingerprint density at radius 2 is 0.743 bits per heavy atom. The second-order valence-electron chi connectivity index (χ2n) is 9.82. The molecule has 0 spiro atoms. The fraction of sp³-hybridized carbons (Fsp3) is 0.967. The van der Waals surface area contributed by atoms with Gasteiger partial charge in [0, 0.05) is 13.0 Å². The van der Waals surface area contributed by atoms with Crippen molar-refractivity contribution in [1.82, 2.24) is 0 Å². The van der Waals surface area contributed by atoms with Crippen molar-refractivity contribution >= 4 is 5.97 Å². The molecule has 0 aromatic heterocycles. The monoisotopic (exact) mass is 500 g/mol. The van der Waals surface area contributed by atoms with Crippen LogP contribution < -0.4 is 0 Å². The molecule has 0 rings (SSSR count). The minimum atomic E-state index is -0.104. The van der Waals surface area contributed by atoms with E-state index in [1.807, 2.05) is 0 Å². The molecule has 0 N–H and O–H groups in total. The van der Waals surface area contributed by atoms with Gasteiger partial charge in [-0.2, -0.15) is 0 Å². The summed E-state index contributed by atoms with van der Waals surface area (Å²) in [6.07, 6.45) is 25.3. The maximum absolute atomic E-state index is 11.7. The molecule has 0 radical (unpaired) electrons. The molecule has 0 heterocycles. The first kappa shape index (κ1) is 34.4. The van der Waals surface area contributed by atoms with Gasteiger partial charge in [0.25, 0.3) is 0 Å². The van der Waals surface area contributed by atoms with Crippen LogP contribution in [0.15, 0.2) is 0 Å². The molecule has 5 heteroatoms. The smallest absolute Gasteiger partial charge is 0.305 e. The van der Waals surface area contributed by atoms with Crippen LogP contribution in [0.2, 0.25) is 0 Å². The van der Waals surface area contributed by atoms with E-state index in [2.05, 4.69) is 13.8 Å². The largest absolute Gasteiger partial charge is 0.463 e. The van der Waals surface area contributed by atoms with Crippen LogP contribution in [-0.2, 0) is 23.7 Å². The summed E-state index contributed by atoms with van der Waals surface area (Å²) < 4.78 is 21.8. The molecule has 0 aliphatic heterocycles. The number of carbonyl (C=O) groups is 1. The summed E-state index contributed by atoms with van der Waals surface area (Å²) in [6.45, 7) is 8.44. The summed E-state index contributed by atoms with van der Waals surface area (Å²) in [7, 11) is 0. The molecule has 0 bridgehead atoms. The van der Waals surface area contributed by atoms with Gasteiger partial charge in [-0.15, -0.1) is 0 Å². The van der Waals surface area contributed by atoms with Crippen molar-refractivity contribution < 1.29 is 23.7 Å². The van der Waals surface area contributed by atoms with E-state index >= 15 is 0 Å². The summed E-state index contributed by atoms with van der Waals surface area (Å²) in [5.74, 6) is -0.104. The SMILES string of the molecule is CCCCCCCCCCCCOCCOCCOCCOC(=O)CCCCCCCCCCC. The van der Waals surface area contributed by atoms with Crippen molar-refractivity contribution in [1.29, 1.82) is 0 Å². The Balaban J connectivity index is 3.12. The minimum Gasteiger partial charge on any atom is -0.463 e. The summed E-state index contributed by atoms with van der Waals surface area (Å²) >= 11 is 0. The average Bonchev–Trinajstić information content (AvgIpc) is 2.86. The van der Waals surface area contributed by atoms with E-state index in [4.69, 9.17) is 18.9 Å². The van der Waals surface area contributed by atoms with Gasteiger partial charge in [-0.25, -0.2) is 0 Å². The van der Waals surface area contributed by atoms with Crippen molar-refractivity contribution in [3.05, 3.63) is 0 Å². The van der Waals surface area contributed by atoms with Crippen molar-refractivity contribution in [3.8, 4) is 0 Å². The van der Waals surface area contributed by atoms with Crippen molar-refractivity contribution in [2.75, 3.05) is 46.2 Å². The van der Waals surface area contributed by atoms with E-state index in [-0.39, 0.29) is 5.97 Å². The first-order valence-electron chi connectivity index (χ1n) is 15.2. The van der Waals surface area contributed by atoms with Crippen LogP contribution in [0.4, 0.5) is 0 Å². The fourth-order valence-electron chi connectivity index (χ4n) is 4.10. The Kier molecular flexibility index (Phi) is 30.8. The highest BCUT2D eigenvalue weighted by atomic mass is 16.6. The molecule has 35 heavy (non-hydrogen) atoms. The molecule has 210 valence electrons. The zero-order chi connectivity index (χ0) is 25.5. The molecule has 0 saturated carbocycles. The predicted molar refractivity (Wildman–Crippen MR) is 147 cm³/mol. The standard InChI is InChI=1S/C30H60O5/c1-3-5-7-9-11-13-15-17-19-21-23-32-24-25-33-26-27-34-28-29-35-30(31)22-20-18-16-14-12-10-8-6-4-2/h3-29H2,1-2H3. The Hall–Kier alpha value is -0.650. The number of hydrogen-bond donors (Lipinski definition) is 0. The average molecular weight is 501 g/mol. The van der Waals surface area contributed by atoms with E-state index in [0.29, 0.717) is 46.1 Å². The van der Waals surface area contributed by atoms with Gasteiger partial charge in [-0.05, 0) is 12.8 Å². The highest BCUT2D eigenvalue weighted by molar-refractivity contribution is 5.69. The van der Waals surface area contributed by atoms with Gasteiger partial charge >= 0.3 is 5.97 Å². The van der Waals surface area contributed by atoms with Gasteiger partial charge in [0.1, 0.15) is 6.61 Å². The number of hydrogen-bond acceptors (Lipinski definition) is 5. The Labute approximate surface area is 218 Å². The molecule has 0 aromatic carbocycles.